The fourth-order valence-corrected chi connectivity index (χ4v) is 2.10. The van der Waals surface area contributed by atoms with Gasteiger partial charge in [-0.2, -0.15) is 0 Å². The van der Waals surface area contributed by atoms with Crippen LogP contribution in [0.1, 0.15) is 24.2 Å². The Morgan fingerprint density at radius 3 is 2.50 bits per heavy atom. The summed E-state index contributed by atoms with van der Waals surface area (Å²) in [6.07, 6.45) is 0. The van der Waals surface area contributed by atoms with E-state index in [0.29, 0.717) is 16.3 Å². The molecule has 0 unspecified atom stereocenters. The molecule has 84 valence electrons. The Morgan fingerprint density at radius 2 is 1.88 bits per heavy atom. The van der Waals surface area contributed by atoms with Crippen LogP contribution >= 0.6 is 11.6 Å². The number of carbonyl (C=O) groups excluding carboxylic acids is 2. The fraction of sp³-hybridized carbons (Fsp3) is 0.333. The van der Waals surface area contributed by atoms with Gasteiger partial charge >= 0.3 is 0 Å². The maximum atomic E-state index is 12.1. The minimum Gasteiger partial charge on any atom is -0.314 e. The van der Waals surface area contributed by atoms with Crippen molar-refractivity contribution in [1.29, 1.82) is 0 Å². The zero-order chi connectivity index (χ0) is 12.1. The predicted octanol–water partition coefficient (Wildman–Crippen LogP) is 2.53. The zero-order valence-corrected chi connectivity index (χ0v) is 10.1. The molecule has 16 heavy (non-hydrogen) atoms. The molecule has 0 atom stereocenters. The van der Waals surface area contributed by atoms with Gasteiger partial charge in [-0.05, 0) is 32.0 Å². The molecular weight excluding hydrogens is 226 g/mol. The Bertz CT molecular complexity index is 494. The molecule has 0 N–H and O–H groups in total. The molecule has 0 spiro atoms. The molecule has 1 amide bonds. The molecule has 1 aromatic carbocycles. The van der Waals surface area contributed by atoms with Crippen molar-refractivity contribution in [2.45, 2.75) is 13.8 Å². The average molecular weight is 238 g/mol. The zero-order valence-electron chi connectivity index (χ0n) is 9.37. The third-order valence-electron chi connectivity index (χ3n) is 2.97. The van der Waals surface area contributed by atoms with Crippen LogP contribution in [0.15, 0.2) is 18.2 Å². The Hall–Kier alpha value is -1.35. The molecule has 0 bridgehead atoms. The summed E-state index contributed by atoms with van der Waals surface area (Å²) in [7, 11) is 1.66. The van der Waals surface area contributed by atoms with E-state index in [1.165, 1.54) is 4.90 Å². The van der Waals surface area contributed by atoms with Crippen LogP contribution in [0.4, 0.5) is 5.69 Å². The summed E-state index contributed by atoms with van der Waals surface area (Å²) >= 11 is 5.86. The van der Waals surface area contributed by atoms with Crippen molar-refractivity contribution in [3.63, 3.8) is 0 Å². The number of hydrogen-bond donors (Lipinski definition) is 0. The van der Waals surface area contributed by atoms with E-state index < -0.39 is 5.41 Å². The van der Waals surface area contributed by atoms with Gasteiger partial charge in [0.2, 0.25) is 5.91 Å². The molecule has 1 aromatic rings. The van der Waals surface area contributed by atoms with E-state index in [1.807, 2.05) is 0 Å². The van der Waals surface area contributed by atoms with Gasteiger partial charge in [0.15, 0.2) is 5.78 Å². The van der Waals surface area contributed by atoms with E-state index in [0.717, 1.165) is 0 Å². The standard InChI is InChI=1S/C12H12ClNO2/c1-12(2)10(15)8-5-4-7(13)6-9(8)14(3)11(12)16/h4-6H,1-3H3. The SMILES string of the molecule is CN1C(=O)C(C)(C)C(=O)c2ccc(Cl)cc21. The summed E-state index contributed by atoms with van der Waals surface area (Å²) in [4.78, 5) is 25.6. The lowest BCUT2D eigenvalue weighted by Gasteiger charge is -2.35. The van der Waals surface area contributed by atoms with Gasteiger partial charge in [0.25, 0.3) is 0 Å². The molecule has 2 rings (SSSR count). The van der Waals surface area contributed by atoms with Gasteiger partial charge in [-0.3, -0.25) is 9.59 Å². The number of rotatable bonds is 0. The first kappa shape index (κ1) is 11.1. The van der Waals surface area contributed by atoms with E-state index in [1.54, 1.807) is 39.1 Å². The highest BCUT2D eigenvalue weighted by atomic mass is 35.5. The molecule has 0 saturated carbocycles. The van der Waals surface area contributed by atoms with Gasteiger partial charge in [-0.15, -0.1) is 0 Å². The first-order chi connectivity index (χ1) is 7.35. The Labute approximate surface area is 99.0 Å². The molecule has 0 aliphatic carbocycles. The minimum absolute atomic E-state index is 0.151. The summed E-state index contributed by atoms with van der Waals surface area (Å²) in [5.41, 5.74) is 0.147. The van der Waals surface area contributed by atoms with Crippen LogP contribution < -0.4 is 4.90 Å². The van der Waals surface area contributed by atoms with Crippen LogP contribution in [0, 0.1) is 5.41 Å². The maximum Gasteiger partial charge on any atom is 0.240 e. The fourth-order valence-electron chi connectivity index (χ4n) is 1.94. The molecule has 1 aliphatic heterocycles. The van der Waals surface area contributed by atoms with Crippen molar-refractivity contribution in [3.8, 4) is 0 Å². The predicted molar refractivity (Wildman–Crippen MR) is 63.0 cm³/mol. The number of halogens is 1. The number of Topliss-reactive ketones (excluding diaryl/α,β-unsaturated/α-hetero) is 1. The number of hydrogen-bond acceptors (Lipinski definition) is 2. The highest BCUT2D eigenvalue weighted by Gasteiger charge is 2.44. The van der Waals surface area contributed by atoms with E-state index >= 15 is 0 Å². The maximum absolute atomic E-state index is 12.1. The summed E-state index contributed by atoms with van der Waals surface area (Å²) in [5.74, 6) is -0.352. The quantitative estimate of drug-likeness (QED) is 0.651. The normalized spacial score (nSPS) is 18.6. The van der Waals surface area contributed by atoms with Crippen LogP contribution in [0.25, 0.3) is 0 Å². The number of amides is 1. The molecule has 4 heteroatoms. The third-order valence-corrected chi connectivity index (χ3v) is 3.21. The Morgan fingerprint density at radius 1 is 1.25 bits per heavy atom. The second-order valence-corrected chi connectivity index (χ2v) is 4.92. The van der Waals surface area contributed by atoms with Gasteiger partial charge < -0.3 is 4.90 Å². The lowest BCUT2D eigenvalue weighted by molar-refractivity contribution is -0.124. The van der Waals surface area contributed by atoms with Gasteiger partial charge in [-0.1, -0.05) is 11.6 Å². The highest BCUT2D eigenvalue weighted by Crippen LogP contribution is 2.37. The molecule has 0 radical (unpaired) electrons. The average Bonchev–Trinajstić information content (AvgIpc) is 2.24. The van der Waals surface area contributed by atoms with Crippen molar-refractivity contribution in [1.82, 2.24) is 0 Å². The topological polar surface area (TPSA) is 37.4 Å². The molecule has 0 fully saturated rings. The molecule has 1 heterocycles. The van der Waals surface area contributed by atoms with Crippen LogP contribution in [0.5, 0.6) is 0 Å². The number of benzene rings is 1. The van der Waals surface area contributed by atoms with E-state index in [9.17, 15) is 9.59 Å². The van der Waals surface area contributed by atoms with Crippen LogP contribution in [-0.4, -0.2) is 18.7 Å². The van der Waals surface area contributed by atoms with E-state index in [4.69, 9.17) is 11.6 Å². The first-order valence-corrected chi connectivity index (χ1v) is 5.36. The number of carbonyl (C=O) groups is 2. The van der Waals surface area contributed by atoms with Crippen molar-refractivity contribution < 1.29 is 9.59 Å². The van der Waals surface area contributed by atoms with Crippen molar-refractivity contribution >= 4 is 29.0 Å². The second-order valence-electron chi connectivity index (χ2n) is 4.48. The lowest BCUT2D eigenvalue weighted by atomic mass is 9.79. The molecule has 0 saturated heterocycles. The van der Waals surface area contributed by atoms with Crippen molar-refractivity contribution in [2.24, 2.45) is 5.41 Å². The van der Waals surface area contributed by atoms with Gasteiger partial charge in [0, 0.05) is 17.6 Å². The first-order valence-electron chi connectivity index (χ1n) is 4.98. The number of nitrogens with zero attached hydrogens (tertiary/aromatic N) is 1. The van der Waals surface area contributed by atoms with E-state index in [2.05, 4.69) is 0 Å². The summed E-state index contributed by atoms with van der Waals surface area (Å²) in [6.45, 7) is 3.29. The summed E-state index contributed by atoms with van der Waals surface area (Å²) < 4.78 is 0. The molecule has 1 aliphatic rings. The second kappa shape index (κ2) is 3.32. The minimum atomic E-state index is -0.990. The third kappa shape index (κ3) is 1.35. The monoisotopic (exact) mass is 237 g/mol. The highest BCUT2D eigenvalue weighted by molar-refractivity contribution is 6.32. The molecular formula is C12H12ClNO2. The molecule has 0 aromatic heterocycles. The van der Waals surface area contributed by atoms with Gasteiger partial charge in [0.1, 0.15) is 5.41 Å². The van der Waals surface area contributed by atoms with Crippen molar-refractivity contribution in [3.05, 3.63) is 28.8 Å². The van der Waals surface area contributed by atoms with Crippen LogP contribution in [0.2, 0.25) is 5.02 Å². The van der Waals surface area contributed by atoms with Gasteiger partial charge in [-0.25, -0.2) is 0 Å². The number of anilines is 1. The molecule has 3 nitrogen and oxygen atoms in total. The summed E-state index contributed by atoms with van der Waals surface area (Å²) in [6, 6.07) is 4.98. The van der Waals surface area contributed by atoms with E-state index in [-0.39, 0.29) is 11.7 Å². The van der Waals surface area contributed by atoms with Crippen LogP contribution in [0.3, 0.4) is 0 Å². The van der Waals surface area contributed by atoms with Crippen molar-refractivity contribution in [2.75, 3.05) is 11.9 Å². The Balaban J connectivity index is 2.69. The summed E-state index contributed by atoms with van der Waals surface area (Å²) in [5, 5.41) is 0.519. The lowest BCUT2D eigenvalue weighted by Crippen LogP contribution is -2.48. The van der Waals surface area contributed by atoms with Gasteiger partial charge in [0.05, 0.1) is 5.69 Å². The smallest absolute Gasteiger partial charge is 0.240 e. The van der Waals surface area contributed by atoms with Crippen LogP contribution in [-0.2, 0) is 4.79 Å². The largest absolute Gasteiger partial charge is 0.314 e. The number of ketones is 1. The number of fused-ring (bicyclic) bond motifs is 1. The Kier molecular flexibility index (Phi) is 2.31.